The molecular formula is C21H22N4O2. The molecule has 1 amide bonds. The lowest BCUT2D eigenvalue weighted by Gasteiger charge is -2.08. The summed E-state index contributed by atoms with van der Waals surface area (Å²) >= 11 is 0. The van der Waals surface area contributed by atoms with Crippen LogP contribution in [0.2, 0.25) is 0 Å². The number of amides is 1. The van der Waals surface area contributed by atoms with Crippen LogP contribution >= 0.6 is 0 Å². The smallest absolute Gasteiger partial charge is 0.219 e. The Morgan fingerprint density at radius 3 is 2.74 bits per heavy atom. The van der Waals surface area contributed by atoms with Crippen LogP contribution in [0.25, 0.3) is 27.5 Å². The van der Waals surface area contributed by atoms with Gasteiger partial charge in [-0.05, 0) is 42.7 Å². The van der Waals surface area contributed by atoms with Crippen molar-refractivity contribution in [1.29, 1.82) is 0 Å². The Labute approximate surface area is 156 Å². The topological polar surface area (TPSA) is 86.1 Å². The van der Waals surface area contributed by atoms with Gasteiger partial charge in [-0.3, -0.25) is 4.79 Å². The van der Waals surface area contributed by atoms with Crippen LogP contribution in [0.5, 0.6) is 0 Å². The van der Waals surface area contributed by atoms with E-state index < -0.39 is 0 Å². The fourth-order valence-electron chi connectivity index (χ4n) is 3.61. The van der Waals surface area contributed by atoms with E-state index in [-0.39, 0.29) is 12.5 Å². The Bertz CT molecular complexity index is 1100. The van der Waals surface area contributed by atoms with Crippen LogP contribution in [-0.4, -0.2) is 31.7 Å². The monoisotopic (exact) mass is 362 g/mol. The summed E-state index contributed by atoms with van der Waals surface area (Å²) in [6.45, 7) is 0.722. The molecule has 2 aromatic carbocycles. The van der Waals surface area contributed by atoms with Gasteiger partial charge in [-0.25, -0.2) is 4.98 Å². The molecule has 138 valence electrons. The predicted molar refractivity (Wildman–Crippen MR) is 106 cm³/mol. The number of hydrogen-bond acceptors (Lipinski definition) is 3. The van der Waals surface area contributed by atoms with Gasteiger partial charge >= 0.3 is 0 Å². The highest BCUT2D eigenvalue weighted by Gasteiger charge is 2.13. The molecule has 6 heteroatoms. The predicted octanol–water partition coefficient (Wildman–Crippen LogP) is 2.78. The molecule has 0 spiro atoms. The summed E-state index contributed by atoms with van der Waals surface area (Å²) in [5.41, 5.74) is 9.77. The maximum atomic E-state index is 11.4. The first-order valence-corrected chi connectivity index (χ1v) is 9.10. The number of benzene rings is 2. The van der Waals surface area contributed by atoms with Crippen LogP contribution in [0.4, 0.5) is 0 Å². The zero-order valence-corrected chi connectivity index (χ0v) is 15.0. The molecule has 2 aromatic heterocycles. The van der Waals surface area contributed by atoms with E-state index in [0.717, 1.165) is 40.3 Å². The molecule has 0 aliphatic rings. The number of nitrogens with zero attached hydrogens (tertiary/aromatic N) is 3. The maximum Gasteiger partial charge on any atom is 0.219 e. The van der Waals surface area contributed by atoms with Crippen molar-refractivity contribution in [2.75, 3.05) is 6.61 Å². The highest BCUT2D eigenvalue weighted by Crippen LogP contribution is 2.32. The van der Waals surface area contributed by atoms with Gasteiger partial charge < -0.3 is 20.0 Å². The van der Waals surface area contributed by atoms with E-state index in [0.29, 0.717) is 13.0 Å². The maximum absolute atomic E-state index is 11.4. The first kappa shape index (κ1) is 17.3. The second-order valence-corrected chi connectivity index (χ2v) is 6.72. The molecule has 0 radical (unpaired) electrons. The minimum Gasteiger partial charge on any atom is -0.396 e. The van der Waals surface area contributed by atoms with Gasteiger partial charge in [0, 0.05) is 59.5 Å². The number of aliphatic hydroxyl groups is 1. The van der Waals surface area contributed by atoms with Crippen LogP contribution in [0.1, 0.15) is 18.4 Å². The van der Waals surface area contributed by atoms with Crippen molar-refractivity contribution in [1.82, 2.24) is 14.1 Å². The summed E-state index contributed by atoms with van der Waals surface area (Å²) in [6.07, 6.45) is 7.31. The summed E-state index contributed by atoms with van der Waals surface area (Å²) in [7, 11) is 0. The number of carbonyl (C=O) groups is 1. The van der Waals surface area contributed by atoms with Crippen LogP contribution in [0, 0.1) is 0 Å². The molecule has 0 unspecified atom stereocenters. The summed E-state index contributed by atoms with van der Waals surface area (Å²) in [5.74, 6) is -0.309. The molecule has 0 saturated carbocycles. The molecule has 0 fully saturated rings. The zero-order chi connectivity index (χ0) is 18.8. The van der Waals surface area contributed by atoms with Crippen molar-refractivity contribution in [2.24, 2.45) is 5.73 Å². The van der Waals surface area contributed by atoms with Crippen LogP contribution in [0.15, 0.2) is 55.1 Å². The van der Waals surface area contributed by atoms with Gasteiger partial charge in [0.25, 0.3) is 0 Å². The third-order valence-corrected chi connectivity index (χ3v) is 4.92. The fourth-order valence-corrected chi connectivity index (χ4v) is 3.61. The largest absolute Gasteiger partial charge is 0.396 e. The van der Waals surface area contributed by atoms with Gasteiger partial charge in [0.05, 0.1) is 6.33 Å². The van der Waals surface area contributed by atoms with Crippen molar-refractivity contribution in [2.45, 2.75) is 25.8 Å². The summed E-state index contributed by atoms with van der Waals surface area (Å²) < 4.78 is 4.14. The molecule has 4 rings (SSSR count). The average molecular weight is 362 g/mol. The van der Waals surface area contributed by atoms with Crippen LogP contribution in [-0.2, 0) is 17.8 Å². The van der Waals surface area contributed by atoms with E-state index >= 15 is 0 Å². The molecule has 3 N–H and O–H groups in total. The van der Waals surface area contributed by atoms with Gasteiger partial charge in [-0.15, -0.1) is 0 Å². The molecule has 6 nitrogen and oxygen atoms in total. The number of carbonyl (C=O) groups excluding carboxylic acids is 1. The summed E-state index contributed by atoms with van der Waals surface area (Å²) in [5, 5.41) is 11.4. The lowest BCUT2D eigenvalue weighted by Crippen LogP contribution is -2.13. The molecule has 0 atom stereocenters. The van der Waals surface area contributed by atoms with E-state index in [9.17, 15) is 4.79 Å². The number of nitrogens with two attached hydrogens (primary N) is 1. The number of imidazole rings is 1. The van der Waals surface area contributed by atoms with E-state index in [2.05, 4.69) is 45.9 Å². The molecule has 0 bridgehead atoms. The second-order valence-electron chi connectivity index (χ2n) is 6.72. The SMILES string of the molecule is NC(=O)CCn1c2ccc(-n3ccnc3)cc2c2ccc(CCCO)cc21. The molecule has 0 aliphatic carbocycles. The first-order valence-electron chi connectivity index (χ1n) is 9.10. The zero-order valence-electron chi connectivity index (χ0n) is 15.0. The summed E-state index contributed by atoms with van der Waals surface area (Å²) in [4.78, 5) is 15.5. The van der Waals surface area contributed by atoms with Crippen LogP contribution in [0.3, 0.4) is 0 Å². The van der Waals surface area contributed by atoms with Crippen molar-refractivity contribution < 1.29 is 9.90 Å². The van der Waals surface area contributed by atoms with Gasteiger partial charge in [0.1, 0.15) is 0 Å². The van der Waals surface area contributed by atoms with Gasteiger partial charge in [-0.1, -0.05) is 12.1 Å². The molecule has 0 saturated heterocycles. The summed E-state index contributed by atoms with van der Waals surface area (Å²) in [6, 6.07) is 12.7. The van der Waals surface area contributed by atoms with Crippen molar-refractivity contribution in [3.63, 3.8) is 0 Å². The number of fused-ring (bicyclic) bond motifs is 3. The normalized spacial score (nSPS) is 11.4. The van der Waals surface area contributed by atoms with E-state index in [1.807, 2.05) is 10.8 Å². The third-order valence-electron chi connectivity index (χ3n) is 4.92. The Morgan fingerprint density at radius 1 is 1.11 bits per heavy atom. The highest BCUT2D eigenvalue weighted by molar-refractivity contribution is 6.09. The van der Waals surface area contributed by atoms with E-state index in [4.69, 9.17) is 10.8 Å². The Hall–Kier alpha value is -3.12. The number of aromatic nitrogens is 3. The van der Waals surface area contributed by atoms with Gasteiger partial charge in [0.2, 0.25) is 5.91 Å². The second kappa shape index (κ2) is 7.25. The number of rotatable bonds is 7. The van der Waals surface area contributed by atoms with Crippen molar-refractivity contribution >= 4 is 27.7 Å². The van der Waals surface area contributed by atoms with Crippen molar-refractivity contribution in [3.8, 4) is 5.69 Å². The Morgan fingerprint density at radius 2 is 2.00 bits per heavy atom. The lowest BCUT2D eigenvalue weighted by molar-refractivity contribution is -0.118. The molecular weight excluding hydrogens is 340 g/mol. The number of aryl methyl sites for hydroxylation is 2. The molecule has 2 heterocycles. The standard InChI is InChI=1S/C21H22N4O2/c22-21(27)7-9-25-19-6-4-16(24-10-8-23-14-24)13-18(19)17-5-3-15(2-1-11-26)12-20(17)25/h3-6,8,10,12-14,26H,1-2,7,9,11H2,(H2,22,27). The average Bonchev–Trinajstić information content (AvgIpc) is 3.30. The molecule has 0 aliphatic heterocycles. The molecule has 27 heavy (non-hydrogen) atoms. The van der Waals surface area contributed by atoms with Crippen LogP contribution < -0.4 is 5.73 Å². The Kier molecular flexibility index (Phi) is 4.64. The van der Waals surface area contributed by atoms with E-state index in [1.54, 1.807) is 12.5 Å². The van der Waals surface area contributed by atoms with Gasteiger partial charge in [0.15, 0.2) is 0 Å². The minimum atomic E-state index is -0.309. The number of primary amides is 1. The third kappa shape index (κ3) is 3.31. The minimum absolute atomic E-state index is 0.178. The number of hydrogen-bond donors (Lipinski definition) is 2. The van der Waals surface area contributed by atoms with E-state index in [1.165, 1.54) is 5.56 Å². The molecule has 4 aromatic rings. The fraction of sp³-hybridized carbons (Fsp3) is 0.238. The quantitative estimate of drug-likeness (QED) is 0.530. The van der Waals surface area contributed by atoms with Gasteiger partial charge in [-0.2, -0.15) is 0 Å². The van der Waals surface area contributed by atoms with Crippen molar-refractivity contribution in [3.05, 3.63) is 60.7 Å². The lowest BCUT2D eigenvalue weighted by atomic mass is 10.1. The first-order chi connectivity index (χ1) is 13.2. The highest BCUT2D eigenvalue weighted by atomic mass is 16.2. The number of aliphatic hydroxyl groups excluding tert-OH is 1. The Balaban J connectivity index is 1.89.